The normalized spacial score (nSPS) is 15.3. The molecule has 0 aliphatic carbocycles. The van der Waals surface area contributed by atoms with Crippen molar-refractivity contribution in [3.63, 3.8) is 0 Å². The second kappa shape index (κ2) is 9.89. The quantitative estimate of drug-likeness (QED) is 0.371. The van der Waals surface area contributed by atoms with Gasteiger partial charge in [0.15, 0.2) is 0 Å². The van der Waals surface area contributed by atoms with Crippen LogP contribution in [-0.2, 0) is 19.3 Å². The fourth-order valence-electron chi connectivity index (χ4n) is 5.01. The lowest BCUT2D eigenvalue weighted by Gasteiger charge is -2.32. The fourth-order valence-corrected chi connectivity index (χ4v) is 5.01. The molecule has 1 amide bonds. The molecule has 192 valence electrons. The van der Waals surface area contributed by atoms with Crippen LogP contribution in [0, 0.1) is 0 Å². The Morgan fingerprint density at radius 3 is 2.35 bits per heavy atom. The maximum Gasteiger partial charge on any atom is 0.416 e. The summed E-state index contributed by atoms with van der Waals surface area (Å²) in [5.41, 5.74) is 8.46. The summed E-state index contributed by atoms with van der Waals surface area (Å²) < 4.78 is 40.4. The number of likely N-dealkylation sites (tertiary alicyclic amines) is 1. The van der Waals surface area contributed by atoms with Gasteiger partial charge in [0.1, 0.15) is 11.4 Å². The summed E-state index contributed by atoms with van der Waals surface area (Å²) >= 11 is 0. The number of phenols is 1. The maximum atomic E-state index is 12.8. The van der Waals surface area contributed by atoms with E-state index < -0.39 is 17.6 Å². The van der Waals surface area contributed by atoms with Crippen LogP contribution in [0.25, 0.3) is 11.0 Å². The number of pyridine rings is 1. The van der Waals surface area contributed by atoms with Crippen LogP contribution in [0.1, 0.15) is 51.4 Å². The third-order valence-corrected chi connectivity index (χ3v) is 7.05. The molecule has 0 atom stereocenters. The minimum atomic E-state index is -4.31. The van der Waals surface area contributed by atoms with E-state index in [2.05, 4.69) is 11.0 Å². The molecule has 1 saturated heterocycles. The van der Waals surface area contributed by atoms with E-state index in [1.807, 2.05) is 23.0 Å². The number of piperidine rings is 1. The lowest BCUT2D eigenvalue weighted by atomic mass is 9.90. The zero-order valence-electron chi connectivity index (χ0n) is 20.1. The van der Waals surface area contributed by atoms with Crippen LogP contribution in [0.3, 0.4) is 0 Å². The van der Waals surface area contributed by atoms with E-state index in [9.17, 15) is 23.1 Å². The molecular weight excluding hydrogens is 481 g/mol. The van der Waals surface area contributed by atoms with E-state index in [4.69, 9.17) is 10.7 Å². The predicted octanol–water partition coefficient (Wildman–Crippen LogP) is 5.29. The van der Waals surface area contributed by atoms with Crippen LogP contribution in [0.5, 0.6) is 5.75 Å². The number of aromatic nitrogens is 2. The molecule has 3 heterocycles. The topological polar surface area (TPSA) is 84.4 Å². The van der Waals surface area contributed by atoms with Crippen molar-refractivity contribution in [2.24, 2.45) is 5.73 Å². The number of rotatable bonds is 6. The van der Waals surface area contributed by atoms with E-state index in [1.54, 1.807) is 24.3 Å². The molecule has 1 aliphatic rings. The van der Waals surface area contributed by atoms with E-state index in [0.29, 0.717) is 19.0 Å². The van der Waals surface area contributed by atoms with Gasteiger partial charge in [-0.15, -0.1) is 0 Å². The van der Waals surface area contributed by atoms with Gasteiger partial charge >= 0.3 is 6.18 Å². The summed E-state index contributed by atoms with van der Waals surface area (Å²) in [6.07, 6.45) is 1.48. The van der Waals surface area contributed by atoms with Gasteiger partial charge < -0.3 is 15.4 Å². The molecule has 1 aliphatic heterocycles. The molecule has 1 fully saturated rings. The summed E-state index contributed by atoms with van der Waals surface area (Å²) in [6.45, 7) is 2.87. The van der Waals surface area contributed by atoms with E-state index in [-0.39, 0.29) is 11.3 Å². The van der Waals surface area contributed by atoms with Gasteiger partial charge in [-0.25, -0.2) is 4.98 Å². The first kappa shape index (κ1) is 24.8. The van der Waals surface area contributed by atoms with Gasteiger partial charge in [0.2, 0.25) is 0 Å². The maximum absolute atomic E-state index is 12.8. The number of hydrogen-bond acceptors (Lipinski definition) is 4. The number of aromatic hydroxyl groups is 1. The van der Waals surface area contributed by atoms with Gasteiger partial charge in [0.25, 0.3) is 5.91 Å². The molecular formula is C28H27F3N4O2. The molecule has 6 nitrogen and oxygen atoms in total. The van der Waals surface area contributed by atoms with Crippen LogP contribution in [-0.4, -0.2) is 38.6 Å². The molecule has 37 heavy (non-hydrogen) atoms. The summed E-state index contributed by atoms with van der Waals surface area (Å²) in [5.74, 6) is -0.432. The van der Waals surface area contributed by atoms with E-state index >= 15 is 0 Å². The fraction of sp³-hybridized carbons (Fsp3) is 0.286. The molecule has 0 spiro atoms. The number of halogens is 3. The Kier molecular flexibility index (Phi) is 6.64. The Hall–Kier alpha value is -3.85. The lowest BCUT2D eigenvalue weighted by molar-refractivity contribution is -0.137. The van der Waals surface area contributed by atoms with Crippen molar-refractivity contribution in [2.45, 2.75) is 38.0 Å². The number of carbonyl (C=O) groups excluding carboxylic acids is 1. The zero-order valence-corrected chi connectivity index (χ0v) is 20.1. The summed E-state index contributed by atoms with van der Waals surface area (Å²) in [5, 5.41) is 11.1. The zero-order chi connectivity index (χ0) is 26.2. The summed E-state index contributed by atoms with van der Waals surface area (Å²) in [4.78, 5) is 18.3. The first-order valence-corrected chi connectivity index (χ1v) is 12.1. The number of nitrogens with zero attached hydrogens (tertiary/aromatic N) is 3. The van der Waals surface area contributed by atoms with Gasteiger partial charge in [-0.05, 0) is 84.9 Å². The van der Waals surface area contributed by atoms with Crippen molar-refractivity contribution in [1.82, 2.24) is 14.5 Å². The van der Waals surface area contributed by atoms with Crippen molar-refractivity contribution in [1.29, 1.82) is 0 Å². The second-order valence-electron chi connectivity index (χ2n) is 9.59. The van der Waals surface area contributed by atoms with Crippen molar-refractivity contribution < 1.29 is 23.1 Å². The number of fused-ring (bicyclic) bond motifs is 1. The van der Waals surface area contributed by atoms with Gasteiger partial charge in [0.05, 0.1) is 11.1 Å². The number of amides is 1. The number of carbonyl (C=O) groups is 1. The summed E-state index contributed by atoms with van der Waals surface area (Å²) in [6, 6.07) is 14.4. The average Bonchev–Trinajstić information content (AvgIpc) is 3.26. The molecule has 2 aromatic heterocycles. The van der Waals surface area contributed by atoms with Crippen LogP contribution in [0.4, 0.5) is 13.2 Å². The highest BCUT2D eigenvalue weighted by atomic mass is 19.4. The second-order valence-corrected chi connectivity index (χ2v) is 9.59. The number of primary amides is 1. The smallest absolute Gasteiger partial charge is 0.416 e. The summed E-state index contributed by atoms with van der Waals surface area (Å²) in [7, 11) is 0. The van der Waals surface area contributed by atoms with Crippen molar-refractivity contribution in [2.75, 3.05) is 13.1 Å². The van der Waals surface area contributed by atoms with Gasteiger partial charge in [0, 0.05) is 30.9 Å². The lowest BCUT2D eigenvalue weighted by Crippen LogP contribution is -2.32. The number of benzene rings is 2. The highest BCUT2D eigenvalue weighted by Gasteiger charge is 2.30. The molecule has 0 radical (unpaired) electrons. The van der Waals surface area contributed by atoms with Gasteiger partial charge in [-0.1, -0.05) is 18.2 Å². The Bertz CT molecular complexity index is 1420. The highest BCUT2D eigenvalue weighted by Crippen LogP contribution is 2.32. The minimum Gasteiger partial charge on any atom is -0.507 e. The molecule has 5 rings (SSSR count). The Morgan fingerprint density at radius 1 is 1.00 bits per heavy atom. The third kappa shape index (κ3) is 5.46. The van der Waals surface area contributed by atoms with E-state index in [1.165, 1.54) is 11.6 Å². The van der Waals surface area contributed by atoms with Gasteiger partial charge in [-0.3, -0.25) is 9.69 Å². The number of alkyl halides is 3. The molecule has 0 unspecified atom stereocenters. The standard InChI is InChI=1S/C28H27F3N4O2/c29-28(30,31)23-4-1-18(2-5-23)16-34-10-7-20(8-11-34)22-14-21-9-12-35(27(21)33-15-22)17-19-3-6-24(26(32)37)25(36)13-19/h1-6,9,12-15,20,36H,7-8,10-11,16-17H2,(H2,32,37). The first-order chi connectivity index (χ1) is 17.7. The van der Waals surface area contributed by atoms with Gasteiger partial charge in [-0.2, -0.15) is 13.2 Å². The highest BCUT2D eigenvalue weighted by molar-refractivity contribution is 5.95. The predicted molar refractivity (Wildman–Crippen MR) is 134 cm³/mol. The van der Waals surface area contributed by atoms with Crippen LogP contribution < -0.4 is 5.73 Å². The molecule has 0 saturated carbocycles. The van der Waals surface area contributed by atoms with Crippen molar-refractivity contribution in [3.8, 4) is 5.75 Å². The Morgan fingerprint density at radius 2 is 1.70 bits per heavy atom. The number of hydrogen-bond donors (Lipinski definition) is 2. The minimum absolute atomic E-state index is 0.0919. The third-order valence-electron chi connectivity index (χ3n) is 7.05. The molecule has 2 aromatic carbocycles. The van der Waals surface area contributed by atoms with Crippen molar-refractivity contribution >= 4 is 16.9 Å². The largest absolute Gasteiger partial charge is 0.507 e. The van der Waals surface area contributed by atoms with Crippen molar-refractivity contribution in [3.05, 3.63) is 94.8 Å². The van der Waals surface area contributed by atoms with Crippen LogP contribution >= 0.6 is 0 Å². The molecule has 0 bridgehead atoms. The SMILES string of the molecule is NC(=O)c1ccc(Cn2ccc3cc(C4CCN(Cc5ccc(C(F)(F)F)cc5)CC4)cnc32)cc1O. The molecule has 3 N–H and O–H groups in total. The van der Waals surface area contributed by atoms with Crippen LogP contribution in [0.2, 0.25) is 0 Å². The number of nitrogens with two attached hydrogens (primary N) is 1. The average molecular weight is 509 g/mol. The Balaban J connectivity index is 1.21. The molecule has 4 aromatic rings. The Labute approximate surface area is 212 Å². The first-order valence-electron chi connectivity index (χ1n) is 12.1. The molecule has 9 heteroatoms. The van der Waals surface area contributed by atoms with Crippen LogP contribution in [0.15, 0.2) is 67.0 Å². The van der Waals surface area contributed by atoms with E-state index in [0.717, 1.165) is 60.2 Å². The monoisotopic (exact) mass is 508 g/mol.